The zero-order valence-electron chi connectivity index (χ0n) is 14.9. The number of hydrogen-bond donors (Lipinski definition) is 2. The van der Waals surface area contributed by atoms with Crippen molar-refractivity contribution in [2.24, 2.45) is 0 Å². The van der Waals surface area contributed by atoms with Crippen molar-refractivity contribution in [1.82, 2.24) is 14.1 Å². The van der Waals surface area contributed by atoms with Crippen LogP contribution in [0.15, 0.2) is 40.2 Å². The first kappa shape index (κ1) is 19.7. The van der Waals surface area contributed by atoms with Gasteiger partial charge in [0.05, 0.1) is 21.5 Å². The summed E-state index contributed by atoms with van der Waals surface area (Å²) in [6.07, 6.45) is 1.35. The minimum absolute atomic E-state index is 0.00803. The van der Waals surface area contributed by atoms with Gasteiger partial charge in [-0.1, -0.05) is 0 Å². The lowest BCUT2D eigenvalue weighted by Gasteiger charge is -2.17. The molecule has 3 aromatic rings. The molecule has 0 bridgehead atoms. The third-order valence-corrected chi connectivity index (χ3v) is 4.14. The monoisotopic (exact) mass is 402 g/mol. The van der Waals surface area contributed by atoms with Crippen molar-refractivity contribution >= 4 is 29.0 Å². The molecule has 1 aromatic carbocycles. The Morgan fingerprint density at radius 1 is 1.41 bits per heavy atom. The molecule has 1 unspecified atom stereocenters. The molecule has 3 rings (SSSR count). The van der Waals surface area contributed by atoms with Gasteiger partial charge in [-0.25, -0.2) is 4.79 Å². The third-order valence-electron chi connectivity index (χ3n) is 4.14. The summed E-state index contributed by atoms with van der Waals surface area (Å²) in [5.74, 6) is -1.23. The highest BCUT2D eigenvalue weighted by atomic mass is 16.6. The Morgan fingerprint density at radius 2 is 2.14 bits per heavy atom. The zero-order chi connectivity index (χ0) is 21.3. The number of rotatable bonds is 7. The van der Waals surface area contributed by atoms with Crippen LogP contribution in [-0.2, 0) is 9.53 Å². The van der Waals surface area contributed by atoms with Gasteiger partial charge in [-0.05, 0) is 19.1 Å². The number of nitrogens with zero attached hydrogens (tertiary/aromatic N) is 3. The summed E-state index contributed by atoms with van der Waals surface area (Å²) in [7, 11) is 0. The van der Waals surface area contributed by atoms with Crippen LogP contribution in [0.25, 0.3) is 16.7 Å². The number of nitrogens with one attached hydrogen (secondary N) is 1. The van der Waals surface area contributed by atoms with Crippen molar-refractivity contribution in [2.75, 3.05) is 6.61 Å². The van der Waals surface area contributed by atoms with Crippen molar-refractivity contribution in [1.29, 1.82) is 0 Å². The van der Waals surface area contributed by atoms with E-state index < -0.39 is 33.9 Å². The zero-order valence-corrected chi connectivity index (χ0v) is 14.9. The summed E-state index contributed by atoms with van der Waals surface area (Å²) < 4.78 is 7.19. The molecular weight excluding hydrogens is 388 g/mol. The van der Waals surface area contributed by atoms with Gasteiger partial charge in [-0.2, -0.15) is 0 Å². The Hall–Kier alpha value is -4.06. The van der Waals surface area contributed by atoms with E-state index in [9.17, 15) is 29.3 Å². The molecule has 0 spiro atoms. The number of nitro benzene ring substituents is 1. The summed E-state index contributed by atoms with van der Waals surface area (Å²) in [4.78, 5) is 60.0. The molecule has 0 fully saturated rings. The lowest BCUT2D eigenvalue weighted by molar-refractivity contribution is -0.384. The molecule has 2 aromatic heterocycles. The van der Waals surface area contributed by atoms with Gasteiger partial charge in [0.2, 0.25) is 0 Å². The van der Waals surface area contributed by atoms with E-state index in [0.29, 0.717) is 6.29 Å². The number of aromatic amines is 1. The van der Waals surface area contributed by atoms with Crippen molar-refractivity contribution in [3.05, 3.63) is 67.0 Å². The minimum Gasteiger partial charge on any atom is -0.478 e. The second kappa shape index (κ2) is 7.52. The highest BCUT2D eigenvalue weighted by Gasteiger charge is 2.23. The SMILES string of the molecule is CCOC(C=O)n1c(=O)c(=O)[nH]c2cc([N+](=O)[O-])c(-n3ccc(C(=O)O)c3)cc21. The number of fused-ring (bicyclic) bond motifs is 1. The topological polar surface area (TPSA) is 167 Å². The van der Waals surface area contributed by atoms with Crippen LogP contribution in [0.1, 0.15) is 23.5 Å². The number of aromatic nitrogens is 3. The summed E-state index contributed by atoms with van der Waals surface area (Å²) in [6.45, 7) is 1.64. The van der Waals surface area contributed by atoms with Crippen molar-refractivity contribution < 1.29 is 24.4 Å². The fourth-order valence-electron chi connectivity index (χ4n) is 2.88. The first-order chi connectivity index (χ1) is 13.8. The van der Waals surface area contributed by atoms with Crippen LogP contribution in [0.2, 0.25) is 0 Å². The van der Waals surface area contributed by atoms with Crippen LogP contribution in [-0.4, -0.2) is 43.0 Å². The molecule has 150 valence electrons. The molecule has 12 heteroatoms. The van der Waals surface area contributed by atoms with E-state index >= 15 is 0 Å². The number of aldehydes is 1. The lowest BCUT2D eigenvalue weighted by atomic mass is 10.2. The summed E-state index contributed by atoms with van der Waals surface area (Å²) in [5.41, 5.74) is -2.88. The Kier molecular flexibility index (Phi) is 5.10. The molecular formula is C17H14N4O8. The number of nitro groups is 1. The maximum absolute atomic E-state index is 12.4. The molecule has 2 heterocycles. The van der Waals surface area contributed by atoms with E-state index in [1.54, 1.807) is 6.92 Å². The fourth-order valence-corrected chi connectivity index (χ4v) is 2.88. The number of carbonyl (C=O) groups excluding carboxylic acids is 1. The van der Waals surface area contributed by atoms with E-state index in [1.807, 2.05) is 0 Å². The van der Waals surface area contributed by atoms with Crippen LogP contribution < -0.4 is 11.1 Å². The van der Waals surface area contributed by atoms with Crippen LogP contribution in [0.5, 0.6) is 0 Å². The van der Waals surface area contributed by atoms with E-state index in [0.717, 1.165) is 16.8 Å². The smallest absolute Gasteiger partial charge is 0.337 e. The van der Waals surface area contributed by atoms with Gasteiger partial charge >= 0.3 is 17.1 Å². The van der Waals surface area contributed by atoms with Crippen molar-refractivity contribution in [3.8, 4) is 5.69 Å². The number of hydrogen-bond acceptors (Lipinski definition) is 7. The number of aromatic carboxylic acids is 1. The summed E-state index contributed by atoms with van der Waals surface area (Å²) in [6, 6.07) is 3.47. The molecule has 0 aliphatic heterocycles. The number of carbonyl (C=O) groups is 2. The van der Waals surface area contributed by atoms with Gasteiger partial charge in [0.25, 0.3) is 5.69 Å². The Bertz CT molecular complexity index is 1250. The van der Waals surface area contributed by atoms with Gasteiger partial charge in [0.1, 0.15) is 5.69 Å². The van der Waals surface area contributed by atoms with Gasteiger partial charge in [-0.15, -0.1) is 0 Å². The normalized spacial score (nSPS) is 12.0. The van der Waals surface area contributed by atoms with Crippen LogP contribution in [0, 0.1) is 10.1 Å². The molecule has 0 aliphatic carbocycles. The average molecular weight is 402 g/mol. The predicted octanol–water partition coefficient (Wildman–Crippen LogP) is 0.821. The number of carboxylic acids is 1. The Balaban J connectivity index is 2.41. The predicted molar refractivity (Wildman–Crippen MR) is 98.5 cm³/mol. The van der Waals surface area contributed by atoms with E-state index in [-0.39, 0.29) is 28.9 Å². The highest BCUT2D eigenvalue weighted by Crippen LogP contribution is 2.28. The number of carboxylic acid groups (broad SMARTS) is 1. The van der Waals surface area contributed by atoms with Crippen molar-refractivity contribution in [3.63, 3.8) is 0 Å². The minimum atomic E-state index is -1.43. The molecule has 12 nitrogen and oxygen atoms in total. The number of H-pyrrole nitrogens is 1. The standard InChI is InChI=1S/C17H14N4O8/c1-2-29-14(8-22)20-11-6-12(19-4-3-9(7-19)17(25)26)13(21(27)28)5-10(11)18-15(23)16(20)24/h3-8,14H,2H2,1H3,(H,18,23)(H,25,26). The lowest BCUT2D eigenvalue weighted by Crippen LogP contribution is -2.39. The number of ether oxygens (including phenoxy) is 1. The third kappa shape index (κ3) is 3.43. The van der Waals surface area contributed by atoms with Crippen LogP contribution >= 0.6 is 0 Å². The molecule has 0 saturated heterocycles. The molecule has 0 radical (unpaired) electrons. The first-order valence-electron chi connectivity index (χ1n) is 8.24. The highest BCUT2D eigenvalue weighted by molar-refractivity contribution is 5.88. The summed E-state index contributed by atoms with van der Waals surface area (Å²) >= 11 is 0. The van der Waals surface area contributed by atoms with E-state index in [1.165, 1.54) is 22.9 Å². The van der Waals surface area contributed by atoms with Gasteiger partial charge in [0, 0.05) is 25.1 Å². The van der Waals surface area contributed by atoms with Crippen LogP contribution in [0.4, 0.5) is 5.69 Å². The van der Waals surface area contributed by atoms with Gasteiger partial charge in [0.15, 0.2) is 12.5 Å². The van der Waals surface area contributed by atoms with E-state index in [4.69, 9.17) is 9.84 Å². The van der Waals surface area contributed by atoms with Gasteiger partial charge in [-0.3, -0.25) is 29.1 Å². The van der Waals surface area contributed by atoms with Crippen molar-refractivity contribution in [2.45, 2.75) is 13.2 Å². The molecule has 0 amide bonds. The molecule has 0 saturated carbocycles. The maximum Gasteiger partial charge on any atom is 0.337 e. The molecule has 0 aliphatic rings. The van der Waals surface area contributed by atoms with Crippen LogP contribution in [0.3, 0.4) is 0 Å². The average Bonchev–Trinajstić information content (AvgIpc) is 3.17. The second-order valence-electron chi connectivity index (χ2n) is 5.84. The summed E-state index contributed by atoms with van der Waals surface area (Å²) in [5, 5.41) is 20.6. The maximum atomic E-state index is 12.4. The van der Waals surface area contributed by atoms with E-state index in [2.05, 4.69) is 4.98 Å². The Morgan fingerprint density at radius 3 is 2.69 bits per heavy atom. The Labute approximate surface area is 160 Å². The van der Waals surface area contributed by atoms with Gasteiger partial charge < -0.3 is 19.4 Å². The fraction of sp³-hybridized carbons (Fsp3) is 0.176. The molecule has 2 N–H and O–H groups in total. The second-order valence-corrected chi connectivity index (χ2v) is 5.84. The molecule has 29 heavy (non-hydrogen) atoms. The first-order valence-corrected chi connectivity index (χ1v) is 8.24. The largest absolute Gasteiger partial charge is 0.478 e. The quantitative estimate of drug-likeness (QED) is 0.253. The molecule has 1 atom stereocenters. The number of benzene rings is 1.